The van der Waals surface area contributed by atoms with Gasteiger partial charge in [-0.15, -0.1) is 0 Å². The second-order valence-electron chi connectivity index (χ2n) is 10.2. The minimum absolute atomic E-state index is 0.443. The third-order valence-corrected chi connectivity index (χ3v) is 6.45. The van der Waals surface area contributed by atoms with Crippen LogP contribution in [0, 0.1) is 0 Å². The summed E-state index contributed by atoms with van der Waals surface area (Å²) in [6.07, 6.45) is 19.3. The fourth-order valence-electron chi connectivity index (χ4n) is 4.13. The van der Waals surface area contributed by atoms with Crippen molar-refractivity contribution in [2.24, 2.45) is 0 Å². The molecular weight excluding hydrogens is 470 g/mol. The van der Waals surface area contributed by atoms with E-state index in [-0.39, 0.29) is 0 Å². The average molecular weight is 514 g/mol. The molecule has 0 aliphatic rings. The standard InChI is InChI=1S/C32H43N5O/c1-25(2)12-9-13-26(3)14-10-15-27(4)16-11-17-28(5)20-21-37-24-35-31-30(37)32(34-23-33-31)36-38-22-29-18-7-6-8-19-29/h6-8,12,14,16,18-20,23-24H,9-11,13,15,17,21-22H2,1-5H3,(H,33,34,36)/b26-14+,27-16+,28-20+. The third kappa shape index (κ3) is 10.1. The SMILES string of the molecule is CC(C)=CCC/C(C)=C/CC/C(C)=C/CC/C(C)=C/Cn1cnc2ncnc(NOCc3ccccc3)c21. The maximum atomic E-state index is 5.70. The summed E-state index contributed by atoms with van der Waals surface area (Å²) in [6, 6.07) is 10.0. The first-order chi connectivity index (χ1) is 18.4. The van der Waals surface area contributed by atoms with E-state index in [0.717, 1.165) is 49.6 Å². The molecule has 0 radical (unpaired) electrons. The van der Waals surface area contributed by atoms with E-state index in [4.69, 9.17) is 4.84 Å². The fourth-order valence-corrected chi connectivity index (χ4v) is 4.13. The van der Waals surface area contributed by atoms with Gasteiger partial charge in [-0.25, -0.2) is 20.4 Å². The molecule has 1 aromatic carbocycles. The fraction of sp³-hybridized carbons (Fsp3) is 0.406. The predicted octanol–water partition coefficient (Wildman–Crippen LogP) is 8.52. The number of benzene rings is 1. The van der Waals surface area contributed by atoms with Crippen molar-refractivity contribution >= 4 is 17.0 Å². The van der Waals surface area contributed by atoms with Crippen molar-refractivity contribution in [1.82, 2.24) is 19.5 Å². The highest BCUT2D eigenvalue weighted by molar-refractivity contribution is 5.82. The summed E-state index contributed by atoms with van der Waals surface area (Å²) < 4.78 is 2.06. The van der Waals surface area contributed by atoms with Gasteiger partial charge in [0.05, 0.1) is 12.9 Å². The highest BCUT2D eigenvalue weighted by Gasteiger charge is 2.10. The van der Waals surface area contributed by atoms with E-state index in [0.29, 0.717) is 24.6 Å². The van der Waals surface area contributed by atoms with E-state index in [9.17, 15) is 0 Å². The van der Waals surface area contributed by atoms with Crippen molar-refractivity contribution in [2.45, 2.75) is 86.3 Å². The number of anilines is 1. The van der Waals surface area contributed by atoms with Crippen LogP contribution in [0.3, 0.4) is 0 Å². The third-order valence-electron chi connectivity index (χ3n) is 6.45. The first-order valence-electron chi connectivity index (χ1n) is 13.6. The molecule has 2 heterocycles. The number of hydrogen-bond donors (Lipinski definition) is 1. The second kappa shape index (κ2) is 15.7. The molecule has 0 saturated heterocycles. The molecule has 0 unspecified atom stereocenters. The van der Waals surface area contributed by atoms with Crippen molar-refractivity contribution in [3.63, 3.8) is 0 Å². The number of nitrogens with zero attached hydrogens (tertiary/aromatic N) is 4. The molecular formula is C32H43N5O. The zero-order chi connectivity index (χ0) is 27.2. The Morgan fingerprint density at radius 2 is 1.42 bits per heavy atom. The summed E-state index contributed by atoms with van der Waals surface area (Å²) in [7, 11) is 0. The van der Waals surface area contributed by atoms with Crippen molar-refractivity contribution in [2.75, 3.05) is 5.48 Å². The van der Waals surface area contributed by atoms with Crippen molar-refractivity contribution in [3.8, 4) is 0 Å². The summed E-state index contributed by atoms with van der Waals surface area (Å²) in [6.45, 7) is 12.2. The number of nitrogens with one attached hydrogen (secondary N) is 1. The maximum Gasteiger partial charge on any atom is 0.183 e. The molecule has 6 nitrogen and oxygen atoms in total. The minimum atomic E-state index is 0.443. The first-order valence-corrected chi connectivity index (χ1v) is 13.6. The molecule has 38 heavy (non-hydrogen) atoms. The van der Waals surface area contributed by atoms with Gasteiger partial charge < -0.3 is 4.57 Å². The topological polar surface area (TPSA) is 64.9 Å². The summed E-state index contributed by atoms with van der Waals surface area (Å²) in [4.78, 5) is 18.8. The van der Waals surface area contributed by atoms with Gasteiger partial charge in [0.2, 0.25) is 0 Å². The lowest BCUT2D eigenvalue weighted by Crippen LogP contribution is -2.06. The number of fused-ring (bicyclic) bond motifs is 1. The normalized spacial score (nSPS) is 12.7. The Labute approximate surface area is 228 Å². The molecule has 0 atom stereocenters. The summed E-state index contributed by atoms with van der Waals surface area (Å²) in [5, 5.41) is 0. The van der Waals surface area contributed by atoms with Crippen LogP contribution in [0.1, 0.15) is 78.7 Å². The molecule has 0 saturated carbocycles. The lowest BCUT2D eigenvalue weighted by molar-refractivity contribution is 0.179. The monoisotopic (exact) mass is 513 g/mol. The highest BCUT2D eigenvalue weighted by Crippen LogP contribution is 2.20. The van der Waals surface area contributed by atoms with Gasteiger partial charge in [-0.05, 0) is 78.7 Å². The van der Waals surface area contributed by atoms with E-state index in [1.165, 1.54) is 28.6 Å². The predicted molar refractivity (Wildman–Crippen MR) is 159 cm³/mol. The Morgan fingerprint density at radius 3 is 2.08 bits per heavy atom. The summed E-state index contributed by atoms with van der Waals surface area (Å²) in [5.41, 5.74) is 11.3. The van der Waals surface area contributed by atoms with Gasteiger partial charge in [0, 0.05) is 6.54 Å². The molecule has 0 amide bonds. The number of imidazole rings is 1. The zero-order valence-electron chi connectivity index (χ0n) is 23.7. The Morgan fingerprint density at radius 1 is 0.789 bits per heavy atom. The molecule has 0 bridgehead atoms. The smallest absolute Gasteiger partial charge is 0.183 e. The molecule has 0 spiro atoms. The van der Waals surface area contributed by atoms with E-state index in [1.807, 2.05) is 36.7 Å². The molecule has 0 fully saturated rings. The Balaban J connectivity index is 1.47. The van der Waals surface area contributed by atoms with Crippen LogP contribution in [0.5, 0.6) is 0 Å². The van der Waals surface area contributed by atoms with Crippen LogP contribution in [0.15, 0.2) is 89.6 Å². The van der Waals surface area contributed by atoms with Crippen molar-refractivity contribution in [3.05, 3.63) is 95.1 Å². The van der Waals surface area contributed by atoms with E-state index < -0.39 is 0 Å². The molecule has 2 aromatic heterocycles. The second-order valence-corrected chi connectivity index (χ2v) is 10.2. The van der Waals surface area contributed by atoms with Gasteiger partial charge in [0.15, 0.2) is 11.5 Å². The molecule has 0 aliphatic carbocycles. The average Bonchev–Trinajstić information content (AvgIpc) is 3.32. The van der Waals surface area contributed by atoms with Gasteiger partial charge >= 0.3 is 0 Å². The molecule has 202 valence electrons. The highest BCUT2D eigenvalue weighted by atomic mass is 16.6. The minimum Gasteiger partial charge on any atom is -0.322 e. The van der Waals surface area contributed by atoms with Gasteiger partial charge in [0.1, 0.15) is 11.8 Å². The number of rotatable bonds is 15. The van der Waals surface area contributed by atoms with Gasteiger partial charge in [-0.1, -0.05) is 76.9 Å². The maximum absolute atomic E-state index is 5.70. The Hall–Kier alpha value is -3.51. The lowest BCUT2D eigenvalue weighted by Gasteiger charge is -2.09. The first kappa shape index (κ1) is 29.1. The summed E-state index contributed by atoms with van der Waals surface area (Å²) in [5.74, 6) is 0.620. The Bertz CT molecular complexity index is 1260. The van der Waals surface area contributed by atoms with Crippen LogP contribution in [0.2, 0.25) is 0 Å². The van der Waals surface area contributed by atoms with Gasteiger partial charge in [-0.2, -0.15) is 0 Å². The largest absolute Gasteiger partial charge is 0.322 e. The molecule has 3 rings (SSSR count). The molecule has 3 aromatic rings. The number of allylic oxidation sites excluding steroid dienone is 8. The van der Waals surface area contributed by atoms with Crippen LogP contribution in [-0.4, -0.2) is 19.5 Å². The van der Waals surface area contributed by atoms with Crippen molar-refractivity contribution in [1.29, 1.82) is 0 Å². The van der Waals surface area contributed by atoms with Crippen LogP contribution in [0.25, 0.3) is 11.2 Å². The molecule has 6 heteroatoms. The van der Waals surface area contributed by atoms with Gasteiger partial charge in [0.25, 0.3) is 0 Å². The van der Waals surface area contributed by atoms with E-state index >= 15 is 0 Å². The van der Waals surface area contributed by atoms with Crippen LogP contribution in [-0.2, 0) is 18.0 Å². The molecule has 1 N–H and O–H groups in total. The zero-order valence-corrected chi connectivity index (χ0v) is 23.7. The summed E-state index contributed by atoms with van der Waals surface area (Å²) >= 11 is 0. The van der Waals surface area contributed by atoms with E-state index in [2.05, 4.69) is 83.9 Å². The lowest BCUT2D eigenvalue weighted by atomic mass is 10.0. The van der Waals surface area contributed by atoms with Crippen LogP contribution >= 0.6 is 0 Å². The van der Waals surface area contributed by atoms with Crippen LogP contribution in [0.4, 0.5) is 5.82 Å². The number of hydrogen-bond acceptors (Lipinski definition) is 5. The van der Waals surface area contributed by atoms with Crippen LogP contribution < -0.4 is 5.48 Å². The van der Waals surface area contributed by atoms with Gasteiger partial charge in [-0.3, -0.25) is 4.84 Å². The van der Waals surface area contributed by atoms with Crippen molar-refractivity contribution < 1.29 is 4.84 Å². The van der Waals surface area contributed by atoms with E-state index in [1.54, 1.807) is 0 Å². The quantitative estimate of drug-likeness (QED) is 0.163. The molecule has 0 aliphatic heterocycles. The Kier molecular flexibility index (Phi) is 12.0. The number of aromatic nitrogens is 4.